The van der Waals surface area contributed by atoms with Gasteiger partial charge in [0.1, 0.15) is 5.56 Å². The monoisotopic (exact) mass is 241 g/mol. The topological polar surface area (TPSA) is 129 Å². The van der Waals surface area contributed by atoms with Crippen LogP contribution in [0.15, 0.2) is 12.1 Å². The fourth-order valence-electron chi connectivity index (χ4n) is 1.48. The molecule has 0 aliphatic rings. The molecule has 0 saturated heterocycles. The van der Waals surface area contributed by atoms with Gasteiger partial charge in [-0.1, -0.05) is 6.92 Å². The minimum Gasteiger partial charge on any atom is -0.258 e. The predicted molar refractivity (Wildman–Crippen MR) is 55.8 cm³/mol. The molecule has 0 saturated carbocycles. The summed E-state index contributed by atoms with van der Waals surface area (Å²) in [4.78, 5) is 29.3. The lowest BCUT2D eigenvalue weighted by atomic mass is 10.1. The molecular formula is C8H7N3O6. The van der Waals surface area contributed by atoms with E-state index in [9.17, 15) is 30.3 Å². The van der Waals surface area contributed by atoms with E-state index in [1.807, 2.05) is 0 Å². The van der Waals surface area contributed by atoms with Crippen molar-refractivity contribution in [2.45, 2.75) is 13.3 Å². The second kappa shape index (κ2) is 4.51. The summed E-state index contributed by atoms with van der Waals surface area (Å²) >= 11 is 0. The molecule has 0 aliphatic carbocycles. The van der Waals surface area contributed by atoms with E-state index >= 15 is 0 Å². The molecule has 0 radical (unpaired) electrons. The molecule has 0 bridgehead atoms. The molecular weight excluding hydrogens is 234 g/mol. The van der Waals surface area contributed by atoms with Gasteiger partial charge in [0.2, 0.25) is 0 Å². The Hall–Kier alpha value is -2.58. The third kappa shape index (κ3) is 2.17. The first kappa shape index (κ1) is 12.5. The molecule has 0 fully saturated rings. The lowest BCUT2D eigenvalue weighted by Crippen LogP contribution is -2.03. The van der Waals surface area contributed by atoms with Crippen molar-refractivity contribution in [3.8, 4) is 0 Å². The first-order chi connectivity index (χ1) is 7.90. The minimum atomic E-state index is -0.968. The van der Waals surface area contributed by atoms with Crippen LogP contribution >= 0.6 is 0 Å². The maximum absolute atomic E-state index is 10.8. The van der Waals surface area contributed by atoms with Crippen LogP contribution < -0.4 is 0 Å². The summed E-state index contributed by atoms with van der Waals surface area (Å²) in [5.74, 6) is 0. The fourth-order valence-corrected chi connectivity index (χ4v) is 1.48. The zero-order chi connectivity index (χ0) is 13.2. The smallest absolute Gasteiger partial charge is 0.258 e. The molecule has 17 heavy (non-hydrogen) atoms. The summed E-state index contributed by atoms with van der Waals surface area (Å²) in [6, 6.07) is 1.68. The van der Waals surface area contributed by atoms with Crippen LogP contribution in [-0.4, -0.2) is 14.8 Å². The van der Waals surface area contributed by atoms with Crippen LogP contribution in [0.2, 0.25) is 0 Å². The van der Waals surface area contributed by atoms with Crippen molar-refractivity contribution in [2.24, 2.45) is 0 Å². The molecule has 9 heteroatoms. The summed E-state index contributed by atoms with van der Waals surface area (Å²) in [6.45, 7) is 1.46. The maximum atomic E-state index is 10.8. The van der Waals surface area contributed by atoms with E-state index in [0.29, 0.717) is 0 Å². The molecule has 90 valence electrons. The maximum Gasteiger partial charge on any atom is 0.356 e. The second-order valence-electron chi connectivity index (χ2n) is 3.06. The zero-order valence-corrected chi connectivity index (χ0v) is 8.65. The van der Waals surface area contributed by atoms with E-state index in [1.54, 1.807) is 0 Å². The van der Waals surface area contributed by atoms with Gasteiger partial charge in [0.15, 0.2) is 0 Å². The molecule has 1 rings (SSSR count). The molecule has 0 unspecified atom stereocenters. The van der Waals surface area contributed by atoms with E-state index < -0.39 is 31.8 Å². The average molecular weight is 241 g/mol. The third-order valence-electron chi connectivity index (χ3n) is 2.17. The first-order valence-electron chi connectivity index (χ1n) is 4.49. The van der Waals surface area contributed by atoms with Gasteiger partial charge >= 0.3 is 11.4 Å². The molecule has 9 nitrogen and oxygen atoms in total. The normalized spacial score (nSPS) is 9.94. The summed E-state index contributed by atoms with van der Waals surface area (Å²) in [5.41, 5.74) is -2.27. The Morgan fingerprint density at radius 3 is 1.76 bits per heavy atom. The van der Waals surface area contributed by atoms with Gasteiger partial charge in [-0.2, -0.15) is 0 Å². The van der Waals surface area contributed by atoms with Gasteiger partial charge in [-0.05, 0) is 6.42 Å². The molecule has 0 N–H and O–H groups in total. The Bertz CT molecular complexity index is 512. The standard InChI is InChI=1S/C8H7N3O6/c1-2-5-6(9(12)13)3-4-7(10(14)15)8(5)11(16)17/h3-4H,2H2,1H3. The van der Waals surface area contributed by atoms with E-state index in [4.69, 9.17) is 0 Å². The molecule has 0 atom stereocenters. The first-order valence-corrected chi connectivity index (χ1v) is 4.49. The Morgan fingerprint density at radius 2 is 1.41 bits per heavy atom. The number of hydrogen-bond donors (Lipinski definition) is 0. The number of benzene rings is 1. The van der Waals surface area contributed by atoms with Crippen LogP contribution in [0.4, 0.5) is 17.1 Å². The number of rotatable bonds is 4. The highest BCUT2D eigenvalue weighted by Gasteiger charge is 2.33. The van der Waals surface area contributed by atoms with Crippen molar-refractivity contribution in [1.29, 1.82) is 0 Å². The van der Waals surface area contributed by atoms with Gasteiger partial charge in [0, 0.05) is 12.1 Å². The number of nitro benzene ring substituents is 3. The summed E-state index contributed by atoms with van der Waals surface area (Å²) < 4.78 is 0. The van der Waals surface area contributed by atoms with Crippen molar-refractivity contribution < 1.29 is 14.8 Å². The number of hydrogen-bond acceptors (Lipinski definition) is 6. The van der Waals surface area contributed by atoms with Crippen molar-refractivity contribution in [1.82, 2.24) is 0 Å². The number of nitrogens with zero attached hydrogens (tertiary/aromatic N) is 3. The van der Waals surface area contributed by atoms with Crippen LogP contribution in [0.3, 0.4) is 0 Å². The predicted octanol–water partition coefficient (Wildman–Crippen LogP) is 1.97. The van der Waals surface area contributed by atoms with Gasteiger partial charge in [-0.15, -0.1) is 0 Å². The Balaban J connectivity index is 3.67. The molecule has 1 aromatic rings. The molecule has 0 aromatic heterocycles. The van der Waals surface area contributed by atoms with Crippen LogP contribution in [-0.2, 0) is 6.42 Å². The lowest BCUT2D eigenvalue weighted by Gasteiger charge is -2.01. The largest absolute Gasteiger partial charge is 0.356 e. The second-order valence-corrected chi connectivity index (χ2v) is 3.06. The van der Waals surface area contributed by atoms with Crippen LogP contribution in [0.1, 0.15) is 12.5 Å². The van der Waals surface area contributed by atoms with Gasteiger partial charge in [-0.3, -0.25) is 30.3 Å². The molecule has 0 heterocycles. The minimum absolute atomic E-state index is 0.0334. The van der Waals surface area contributed by atoms with Gasteiger partial charge < -0.3 is 0 Å². The Kier molecular flexibility index (Phi) is 3.31. The van der Waals surface area contributed by atoms with Crippen LogP contribution in [0.5, 0.6) is 0 Å². The van der Waals surface area contributed by atoms with Crippen LogP contribution in [0, 0.1) is 30.3 Å². The SMILES string of the molecule is CCc1c([N+](=O)[O-])ccc([N+](=O)[O-])c1[N+](=O)[O-]. The highest BCUT2D eigenvalue weighted by Crippen LogP contribution is 2.36. The van der Waals surface area contributed by atoms with E-state index in [0.717, 1.165) is 12.1 Å². The van der Waals surface area contributed by atoms with Crippen LogP contribution in [0.25, 0.3) is 0 Å². The summed E-state index contributed by atoms with van der Waals surface area (Å²) in [7, 11) is 0. The molecule has 0 spiro atoms. The highest BCUT2D eigenvalue weighted by atomic mass is 16.6. The number of nitro groups is 3. The van der Waals surface area contributed by atoms with E-state index in [-0.39, 0.29) is 12.0 Å². The van der Waals surface area contributed by atoms with E-state index in [2.05, 4.69) is 0 Å². The lowest BCUT2D eigenvalue weighted by molar-refractivity contribution is -0.425. The molecule has 1 aromatic carbocycles. The van der Waals surface area contributed by atoms with Crippen molar-refractivity contribution in [3.05, 3.63) is 48.0 Å². The quantitative estimate of drug-likeness (QED) is 0.585. The van der Waals surface area contributed by atoms with Crippen molar-refractivity contribution in [2.75, 3.05) is 0 Å². The zero-order valence-electron chi connectivity index (χ0n) is 8.65. The van der Waals surface area contributed by atoms with Crippen molar-refractivity contribution >= 4 is 17.1 Å². The fraction of sp³-hybridized carbons (Fsp3) is 0.250. The molecule has 0 amide bonds. The average Bonchev–Trinajstić information content (AvgIpc) is 2.26. The summed E-state index contributed by atoms with van der Waals surface area (Å²) in [6.07, 6.45) is -0.0334. The van der Waals surface area contributed by atoms with Gasteiger partial charge in [-0.25, -0.2) is 0 Å². The Morgan fingerprint density at radius 1 is 0.941 bits per heavy atom. The third-order valence-corrected chi connectivity index (χ3v) is 2.17. The summed E-state index contributed by atoms with van der Waals surface area (Å²) in [5, 5.41) is 32.0. The van der Waals surface area contributed by atoms with E-state index in [1.165, 1.54) is 6.92 Å². The van der Waals surface area contributed by atoms with Gasteiger partial charge in [0.05, 0.1) is 14.8 Å². The van der Waals surface area contributed by atoms with Crippen molar-refractivity contribution in [3.63, 3.8) is 0 Å². The molecule has 0 aliphatic heterocycles. The Labute approximate surface area is 94.1 Å². The highest BCUT2D eigenvalue weighted by molar-refractivity contribution is 5.65. The van der Waals surface area contributed by atoms with Gasteiger partial charge in [0.25, 0.3) is 5.69 Å².